The molecule has 1 amide bonds. The van der Waals surface area contributed by atoms with E-state index >= 15 is 0 Å². The van der Waals surface area contributed by atoms with E-state index in [0.29, 0.717) is 0 Å². The van der Waals surface area contributed by atoms with Crippen LogP contribution in [0.2, 0.25) is 0 Å². The number of aliphatic hydroxyl groups excluding tert-OH is 1. The summed E-state index contributed by atoms with van der Waals surface area (Å²) in [5.74, 6) is -1.27. The van der Waals surface area contributed by atoms with E-state index in [1.165, 1.54) is 4.90 Å². The monoisotopic (exact) mass is 285 g/mol. The van der Waals surface area contributed by atoms with Crippen LogP contribution in [0.25, 0.3) is 0 Å². The zero-order chi connectivity index (χ0) is 14.9. The molecule has 7 heteroatoms. The van der Waals surface area contributed by atoms with Gasteiger partial charge in [-0.05, 0) is 13.8 Å². The number of likely N-dealkylation sites (tertiary alicyclic amines) is 1. The summed E-state index contributed by atoms with van der Waals surface area (Å²) in [5.41, 5.74) is -0.750. The predicted octanol–water partition coefficient (Wildman–Crippen LogP) is -1.28. The SMILES string of the molecule is CC(C)(C(=O)N1C[C@@H](O)C[C@H]1C(=O)O)N1CCNCC1. The highest BCUT2D eigenvalue weighted by Crippen LogP contribution is 2.25. The summed E-state index contributed by atoms with van der Waals surface area (Å²) in [6.45, 7) is 6.91. The fraction of sp³-hybridized carbons (Fsp3) is 0.846. The highest BCUT2D eigenvalue weighted by molar-refractivity contribution is 5.90. The molecule has 0 radical (unpaired) electrons. The molecule has 0 aromatic rings. The second-order valence-electron chi connectivity index (χ2n) is 6.00. The Labute approximate surface area is 118 Å². The molecule has 7 nitrogen and oxygen atoms in total. The third-order valence-electron chi connectivity index (χ3n) is 4.26. The lowest BCUT2D eigenvalue weighted by Crippen LogP contribution is -2.61. The van der Waals surface area contributed by atoms with Crippen molar-refractivity contribution < 1.29 is 19.8 Å². The third kappa shape index (κ3) is 2.79. The van der Waals surface area contributed by atoms with Crippen LogP contribution < -0.4 is 5.32 Å². The summed E-state index contributed by atoms with van der Waals surface area (Å²) in [7, 11) is 0. The van der Waals surface area contributed by atoms with Crippen molar-refractivity contribution in [2.75, 3.05) is 32.7 Å². The van der Waals surface area contributed by atoms with Crippen molar-refractivity contribution >= 4 is 11.9 Å². The number of nitrogens with zero attached hydrogens (tertiary/aromatic N) is 2. The molecule has 2 heterocycles. The molecular formula is C13H23N3O4. The Morgan fingerprint density at radius 3 is 2.40 bits per heavy atom. The zero-order valence-corrected chi connectivity index (χ0v) is 12.0. The number of hydrogen-bond donors (Lipinski definition) is 3. The normalized spacial score (nSPS) is 28.6. The minimum Gasteiger partial charge on any atom is -0.480 e. The van der Waals surface area contributed by atoms with Crippen LogP contribution in [0, 0.1) is 0 Å². The summed E-state index contributed by atoms with van der Waals surface area (Å²) in [5, 5.41) is 22.1. The number of aliphatic carboxylic acids is 1. The van der Waals surface area contributed by atoms with E-state index in [2.05, 4.69) is 10.2 Å². The second kappa shape index (κ2) is 5.67. The molecule has 0 spiro atoms. The van der Waals surface area contributed by atoms with Crippen LogP contribution in [0.3, 0.4) is 0 Å². The molecule has 2 rings (SSSR count). The molecule has 114 valence electrons. The van der Waals surface area contributed by atoms with Crippen molar-refractivity contribution in [3.8, 4) is 0 Å². The van der Waals surface area contributed by atoms with Gasteiger partial charge in [-0.3, -0.25) is 9.69 Å². The van der Waals surface area contributed by atoms with Crippen LogP contribution in [0.15, 0.2) is 0 Å². The lowest BCUT2D eigenvalue weighted by Gasteiger charge is -2.42. The average Bonchev–Trinajstić information content (AvgIpc) is 2.81. The van der Waals surface area contributed by atoms with E-state index < -0.39 is 23.7 Å². The molecule has 2 aliphatic rings. The van der Waals surface area contributed by atoms with Gasteiger partial charge in [0.15, 0.2) is 0 Å². The Kier molecular flexibility index (Phi) is 4.31. The van der Waals surface area contributed by atoms with E-state index in [4.69, 9.17) is 0 Å². The van der Waals surface area contributed by atoms with Gasteiger partial charge in [-0.2, -0.15) is 0 Å². The first-order valence-electron chi connectivity index (χ1n) is 7.01. The number of piperazine rings is 1. The summed E-state index contributed by atoms with van der Waals surface area (Å²) in [4.78, 5) is 27.3. The third-order valence-corrected chi connectivity index (χ3v) is 4.26. The van der Waals surface area contributed by atoms with Crippen molar-refractivity contribution in [1.29, 1.82) is 0 Å². The maximum Gasteiger partial charge on any atom is 0.326 e. The summed E-state index contributed by atoms with van der Waals surface area (Å²) < 4.78 is 0. The molecule has 2 fully saturated rings. The Hall–Kier alpha value is -1.18. The Bertz CT molecular complexity index is 393. The molecule has 2 aliphatic heterocycles. The Morgan fingerprint density at radius 2 is 1.85 bits per heavy atom. The van der Waals surface area contributed by atoms with Crippen molar-refractivity contribution in [2.45, 2.75) is 38.0 Å². The summed E-state index contributed by atoms with van der Waals surface area (Å²) in [6.07, 6.45) is -0.641. The van der Waals surface area contributed by atoms with Gasteiger partial charge in [0.25, 0.3) is 0 Å². The molecular weight excluding hydrogens is 262 g/mol. The lowest BCUT2D eigenvalue weighted by molar-refractivity contribution is -0.153. The van der Waals surface area contributed by atoms with Gasteiger partial charge in [-0.25, -0.2) is 4.79 Å². The maximum atomic E-state index is 12.7. The molecule has 0 aromatic heterocycles. The Balaban J connectivity index is 2.14. The molecule has 0 aromatic carbocycles. The van der Waals surface area contributed by atoms with Gasteiger partial charge in [-0.1, -0.05) is 0 Å². The van der Waals surface area contributed by atoms with E-state index in [1.807, 2.05) is 13.8 Å². The molecule has 2 atom stereocenters. The second-order valence-corrected chi connectivity index (χ2v) is 6.00. The van der Waals surface area contributed by atoms with E-state index in [-0.39, 0.29) is 18.9 Å². The molecule has 0 aliphatic carbocycles. The first kappa shape index (κ1) is 15.2. The lowest BCUT2D eigenvalue weighted by atomic mass is 9.99. The van der Waals surface area contributed by atoms with E-state index in [1.54, 1.807) is 0 Å². The van der Waals surface area contributed by atoms with Gasteiger partial charge in [-0.15, -0.1) is 0 Å². The van der Waals surface area contributed by atoms with Crippen molar-refractivity contribution in [3.63, 3.8) is 0 Å². The standard InChI is InChI=1S/C13H23N3O4/c1-13(2,15-5-3-14-4-6-15)12(20)16-8-9(17)7-10(16)11(18)19/h9-10,14,17H,3-8H2,1-2H3,(H,18,19)/t9-,10-/m0/s1. The largest absolute Gasteiger partial charge is 0.480 e. The van der Waals surface area contributed by atoms with Gasteiger partial charge in [0.1, 0.15) is 6.04 Å². The highest BCUT2D eigenvalue weighted by atomic mass is 16.4. The highest BCUT2D eigenvalue weighted by Gasteiger charge is 2.46. The number of aliphatic hydroxyl groups is 1. The van der Waals surface area contributed by atoms with Crippen LogP contribution >= 0.6 is 0 Å². The first-order chi connectivity index (χ1) is 9.34. The van der Waals surface area contributed by atoms with Crippen molar-refractivity contribution in [1.82, 2.24) is 15.1 Å². The van der Waals surface area contributed by atoms with Crippen LogP contribution in [-0.4, -0.2) is 82.3 Å². The number of rotatable bonds is 3. The molecule has 20 heavy (non-hydrogen) atoms. The van der Waals surface area contributed by atoms with Gasteiger partial charge in [0.2, 0.25) is 5.91 Å². The Morgan fingerprint density at radius 1 is 1.25 bits per heavy atom. The minimum atomic E-state index is -1.05. The first-order valence-corrected chi connectivity index (χ1v) is 7.01. The quantitative estimate of drug-likeness (QED) is 0.598. The molecule has 2 saturated heterocycles. The van der Waals surface area contributed by atoms with Gasteiger partial charge >= 0.3 is 5.97 Å². The number of amides is 1. The zero-order valence-electron chi connectivity index (χ0n) is 12.0. The number of carbonyl (C=O) groups excluding carboxylic acids is 1. The topological polar surface area (TPSA) is 93.1 Å². The number of β-amino-alcohol motifs (C(OH)–C–C–N with tert-alkyl or cyclic N) is 1. The number of carbonyl (C=O) groups is 2. The van der Waals surface area contributed by atoms with Crippen LogP contribution in [-0.2, 0) is 9.59 Å². The fourth-order valence-corrected chi connectivity index (χ4v) is 2.98. The number of nitrogens with one attached hydrogen (secondary N) is 1. The summed E-state index contributed by atoms with van der Waals surface area (Å²) >= 11 is 0. The molecule has 0 bridgehead atoms. The minimum absolute atomic E-state index is 0.103. The fourth-order valence-electron chi connectivity index (χ4n) is 2.98. The van der Waals surface area contributed by atoms with Gasteiger partial charge < -0.3 is 20.4 Å². The van der Waals surface area contributed by atoms with E-state index in [9.17, 15) is 19.8 Å². The predicted molar refractivity (Wildman–Crippen MR) is 72.3 cm³/mol. The number of carboxylic acid groups (broad SMARTS) is 1. The van der Waals surface area contributed by atoms with Crippen LogP contribution in [0.1, 0.15) is 20.3 Å². The number of hydrogen-bond acceptors (Lipinski definition) is 5. The van der Waals surface area contributed by atoms with Gasteiger partial charge in [0, 0.05) is 39.1 Å². The van der Waals surface area contributed by atoms with E-state index in [0.717, 1.165) is 26.2 Å². The van der Waals surface area contributed by atoms with Crippen LogP contribution in [0.4, 0.5) is 0 Å². The van der Waals surface area contributed by atoms with Crippen LogP contribution in [0.5, 0.6) is 0 Å². The molecule has 0 unspecified atom stereocenters. The maximum absolute atomic E-state index is 12.7. The van der Waals surface area contributed by atoms with Gasteiger partial charge in [0.05, 0.1) is 11.6 Å². The number of carboxylic acids is 1. The molecule has 3 N–H and O–H groups in total. The molecule has 0 saturated carbocycles. The average molecular weight is 285 g/mol. The van der Waals surface area contributed by atoms with Crippen molar-refractivity contribution in [3.05, 3.63) is 0 Å². The smallest absolute Gasteiger partial charge is 0.326 e. The summed E-state index contributed by atoms with van der Waals surface area (Å²) in [6, 6.07) is -0.917. The van der Waals surface area contributed by atoms with Crippen molar-refractivity contribution in [2.24, 2.45) is 0 Å².